The average Bonchev–Trinajstić information content (AvgIpc) is 2.69. The zero-order valence-corrected chi connectivity index (χ0v) is 11.2. The molecule has 2 unspecified atom stereocenters. The molecule has 1 heterocycles. The van der Waals surface area contributed by atoms with Gasteiger partial charge in [-0.3, -0.25) is 4.90 Å². The van der Waals surface area contributed by atoms with Gasteiger partial charge >= 0.3 is 0 Å². The van der Waals surface area contributed by atoms with Crippen LogP contribution in [0.15, 0.2) is 12.2 Å². The van der Waals surface area contributed by atoms with Gasteiger partial charge in [0, 0.05) is 31.2 Å². The van der Waals surface area contributed by atoms with Crippen LogP contribution in [0.3, 0.4) is 0 Å². The van der Waals surface area contributed by atoms with Crippen molar-refractivity contribution in [3.8, 4) is 0 Å². The Labute approximate surface area is 100 Å². The molecule has 0 aromatic carbocycles. The molecule has 92 valence electrons. The van der Waals surface area contributed by atoms with Gasteiger partial charge in [0.25, 0.3) is 0 Å². The largest absolute Gasteiger partial charge is 0.311 e. The van der Waals surface area contributed by atoms with Crippen LogP contribution in [-0.4, -0.2) is 36.1 Å². The first-order valence-corrected chi connectivity index (χ1v) is 6.62. The molecule has 1 saturated heterocycles. The highest BCUT2D eigenvalue weighted by atomic mass is 15.3. The highest BCUT2D eigenvalue weighted by Gasteiger charge is 2.35. The molecule has 0 bridgehead atoms. The van der Waals surface area contributed by atoms with E-state index in [2.05, 4.69) is 50.1 Å². The number of nitrogens with one attached hydrogen (secondary N) is 1. The molecule has 0 amide bonds. The predicted molar refractivity (Wildman–Crippen MR) is 69.6 cm³/mol. The summed E-state index contributed by atoms with van der Waals surface area (Å²) in [6.07, 6.45) is 7.18. The molecular formula is C14H26N2. The Morgan fingerprint density at radius 1 is 1.19 bits per heavy atom. The Bertz CT molecular complexity index is 256. The maximum atomic E-state index is 3.70. The minimum absolute atomic E-state index is 0.365. The third kappa shape index (κ3) is 2.49. The molecule has 1 fully saturated rings. The van der Waals surface area contributed by atoms with E-state index in [1.807, 2.05) is 0 Å². The first-order valence-electron chi connectivity index (χ1n) is 6.62. The molecule has 16 heavy (non-hydrogen) atoms. The van der Waals surface area contributed by atoms with E-state index in [1.165, 1.54) is 19.4 Å². The van der Waals surface area contributed by atoms with E-state index in [1.54, 1.807) is 0 Å². The molecule has 0 radical (unpaired) electrons. The van der Waals surface area contributed by atoms with Crippen molar-refractivity contribution in [3.05, 3.63) is 12.2 Å². The van der Waals surface area contributed by atoms with Crippen molar-refractivity contribution in [2.45, 2.75) is 58.7 Å². The molecule has 0 aromatic heterocycles. The van der Waals surface area contributed by atoms with Gasteiger partial charge in [0.2, 0.25) is 0 Å². The Morgan fingerprint density at radius 2 is 1.81 bits per heavy atom. The van der Waals surface area contributed by atoms with E-state index in [4.69, 9.17) is 0 Å². The van der Waals surface area contributed by atoms with Crippen LogP contribution in [0.2, 0.25) is 0 Å². The molecule has 1 N–H and O–H groups in total. The topological polar surface area (TPSA) is 15.3 Å². The Balaban J connectivity index is 2.00. The zero-order valence-electron chi connectivity index (χ0n) is 11.2. The summed E-state index contributed by atoms with van der Waals surface area (Å²) in [7, 11) is 0. The zero-order chi connectivity index (χ0) is 11.8. The first-order chi connectivity index (χ1) is 7.48. The van der Waals surface area contributed by atoms with Crippen LogP contribution in [0.25, 0.3) is 0 Å². The molecule has 2 aliphatic rings. The fraction of sp³-hybridized carbons (Fsp3) is 0.857. The Hall–Kier alpha value is -0.340. The van der Waals surface area contributed by atoms with Crippen molar-refractivity contribution in [2.75, 3.05) is 13.1 Å². The summed E-state index contributed by atoms with van der Waals surface area (Å²) in [6, 6.07) is 2.08. The van der Waals surface area contributed by atoms with E-state index in [-0.39, 0.29) is 0 Å². The lowest BCUT2D eigenvalue weighted by Crippen LogP contribution is -2.61. The van der Waals surface area contributed by atoms with Crippen molar-refractivity contribution in [1.29, 1.82) is 0 Å². The van der Waals surface area contributed by atoms with E-state index in [0.717, 1.165) is 12.6 Å². The van der Waals surface area contributed by atoms with Crippen molar-refractivity contribution in [1.82, 2.24) is 10.2 Å². The van der Waals surface area contributed by atoms with E-state index in [0.29, 0.717) is 17.5 Å². The minimum atomic E-state index is 0.365. The average molecular weight is 222 g/mol. The summed E-state index contributed by atoms with van der Waals surface area (Å²) in [4.78, 5) is 2.71. The monoisotopic (exact) mass is 222 g/mol. The quantitative estimate of drug-likeness (QED) is 0.685. The van der Waals surface area contributed by atoms with Gasteiger partial charge in [0.1, 0.15) is 0 Å². The number of hydrogen-bond acceptors (Lipinski definition) is 2. The summed E-state index contributed by atoms with van der Waals surface area (Å²) in [5.41, 5.74) is 0.365. The van der Waals surface area contributed by atoms with Crippen LogP contribution >= 0.6 is 0 Å². The van der Waals surface area contributed by atoms with Gasteiger partial charge in [-0.25, -0.2) is 0 Å². The molecular weight excluding hydrogens is 196 g/mol. The molecule has 2 rings (SSSR count). The number of nitrogens with zero attached hydrogens (tertiary/aromatic N) is 1. The van der Waals surface area contributed by atoms with Gasteiger partial charge in [0.05, 0.1) is 0 Å². The number of rotatable bonds is 1. The lowest BCUT2D eigenvalue weighted by atomic mass is 9.84. The lowest BCUT2D eigenvalue weighted by molar-refractivity contribution is 0.0612. The van der Waals surface area contributed by atoms with Crippen molar-refractivity contribution < 1.29 is 0 Å². The maximum Gasteiger partial charge on any atom is 0.0244 e. The Kier molecular flexibility index (Phi) is 3.41. The van der Waals surface area contributed by atoms with Crippen LogP contribution in [0.5, 0.6) is 0 Å². The smallest absolute Gasteiger partial charge is 0.0244 e. The standard InChI is InChI=1S/C14H26N2/c1-11-9-15-13(14(2,3)4)10-16(11)12-7-5-6-8-12/h5-6,11-13,15H,7-10H2,1-4H3. The van der Waals surface area contributed by atoms with Gasteiger partial charge in [-0.15, -0.1) is 0 Å². The number of hydrogen-bond donors (Lipinski definition) is 1. The normalized spacial score (nSPS) is 33.5. The first kappa shape index (κ1) is 12.1. The third-order valence-electron chi connectivity index (χ3n) is 4.12. The molecule has 1 aliphatic heterocycles. The fourth-order valence-corrected chi connectivity index (χ4v) is 2.85. The number of piperazine rings is 1. The van der Waals surface area contributed by atoms with Crippen molar-refractivity contribution in [3.63, 3.8) is 0 Å². The molecule has 0 saturated carbocycles. The second kappa shape index (κ2) is 4.50. The second-order valence-electron chi connectivity index (χ2n) is 6.47. The van der Waals surface area contributed by atoms with Gasteiger partial charge in [-0.05, 0) is 25.2 Å². The summed E-state index contributed by atoms with van der Waals surface area (Å²) in [5, 5.41) is 3.70. The van der Waals surface area contributed by atoms with Crippen LogP contribution in [0.1, 0.15) is 40.5 Å². The van der Waals surface area contributed by atoms with E-state index < -0.39 is 0 Å². The third-order valence-corrected chi connectivity index (χ3v) is 4.12. The second-order valence-corrected chi connectivity index (χ2v) is 6.47. The highest BCUT2D eigenvalue weighted by molar-refractivity contribution is 5.02. The minimum Gasteiger partial charge on any atom is -0.311 e. The maximum absolute atomic E-state index is 3.70. The van der Waals surface area contributed by atoms with E-state index in [9.17, 15) is 0 Å². The van der Waals surface area contributed by atoms with Gasteiger partial charge < -0.3 is 5.32 Å². The van der Waals surface area contributed by atoms with Crippen molar-refractivity contribution in [2.24, 2.45) is 5.41 Å². The van der Waals surface area contributed by atoms with Gasteiger partial charge in [0.15, 0.2) is 0 Å². The summed E-state index contributed by atoms with van der Waals surface area (Å²) in [6.45, 7) is 11.7. The highest BCUT2D eigenvalue weighted by Crippen LogP contribution is 2.27. The van der Waals surface area contributed by atoms with Crippen molar-refractivity contribution >= 4 is 0 Å². The lowest BCUT2D eigenvalue weighted by Gasteiger charge is -2.46. The summed E-state index contributed by atoms with van der Waals surface area (Å²) >= 11 is 0. The summed E-state index contributed by atoms with van der Waals surface area (Å²) in [5.74, 6) is 0. The summed E-state index contributed by atoms with van der Waals surface area (Å²) < 4.78 is 0. The van der Waals surface area contributed by atoms with Crippen LogP contribution in [0.4, 0.5) is 0 Å². The Morgan fingerprint density at radius 3 is 2.38 bits per heavy atom. The van der Waals surface area contributed by atoms with Crippen LogP contribution in [-0.2, 0) is 0 Å². The molecule has 0 spiro atoms. The van der Waals surface area contributed by atoms with E-state index >= 15 is 0 Å². The SMILES string of the molecule is CC1CNC(C(C)(C)C)CN1C1CC=CC1. The molecule has 0 aromatic rings. The van der Waals surface area contributed by atoms with Gasteiger partial charge in [-0.2, -0.15) is 0 Å². The van der Waals surface area contributed by atoms with Crippen LogP contribution in [0, 0.1) is 5.41 Å². The fourth-order valence-electron chi connectivity index (χ4n) is 2.85. The molecule has 2 heteroatoms. The van der Waals surface area contributed by atoms with Gasteiger partial charge in [-0.1, -0.05) is 32.9 Å². The molecule has 2 atom stereocenters. The molecule has 1 aliphatic carbocycles. The van der Waals surface area contributed by atoms with Crippen LogP contribution < -0.4 is 5.32 Å². The predicted octanol–water partition coefficient (Wildman–Crippen LogP) is 2.41. The molecule has 2 nitrogen and oxygen atoms in total.